The van der Waals surface area contributed by atoms with Crippen molar-refractivity contribution in [1.82, 2.24) is 5.32 Å². The molecule has 0 fully saturated rings. The second-order valence-corrected chi connectivity index (χ2v) is 3.34. The van der Waals surface area contributed by atoms with Crippen molar-refractivity contribution in [3.8, 4) is 5.75 Å². The number of ether oxygens (including phenoxy) is 1. The summed E-state index contributed by atoms with van der Waals surface area (Å²) in [5.41, 5.74) is 6.14. The second kappa shape index (κ2) is 5.36. The van der Waals surface area contributed by atoms with E-state index in [0.717, 1.165) is 11.3 Å². The maximum atomic E-state index is 10.6. The first kappa shape index (κ1) is 11.5. The summed E-state index contributed by atoms with van der Waals surface area (Å²) in [6.45, 7) is 2.16. The number of carbonyl (C=O) groups is 1. The molecule has 1 atom stereocenters. The summed E-state index contributed by atoms with van der Waals surface area (Å²) in [5.74, 6) is 0.469. The molecule has 0 aliphatic carbocycles. The average molecular weight is 208 g/mol. The van der Waals surface area contributed by atoms with Gasteiger partial charge in [-0.2, -0.15) is 0 Å². The summed E-state index contributed by atoms with van der Waals surface area (Å²) in [6.07, 6.45) is 0. The molecule has 1 aromatic carbocycles. The number of methoxy groups -OCH3 is 1. The molecule has 82 valence electrons. The molecule has 4 heteroatoms. The van der Waals surface area contributed by atoms with Crippen molar-refractivity contribution in [2.75, 3.05) is 13.7 Å². The molecule has 15 heavy (non-hydrogen) atoms. The molecule has 0 aliphatic rings. The fourth-order valence-corrected chi connectivity index (χ4v) is 1.26. The first-order valence-corrected chi connectivity index (χ1v) is 4.79. The lowest BCUT2D eigenvalue weighted by atomic mass is 10.1. The van der Waals surface area contributed by atoms with Crippen LogP contribution in [0.15, 0.2) is 24.3 Å². The topological polar surface area (TPSA) is 64.3 Å². The number of amides is 1. The van der Waals surface area contributed by atoms with E-state index >= 15 is 0 Å². The average Bonchev–Trinajstić information content (AvgIpc) is 2.26. The Balaban J connectivity index is 2.57. The number of nitrogens with two attached hydrogens (primary N) is 1. The number of benzene rings is 1. The molecule has 0 bridgehead atoms. The van der Waals surface area contributed by atoms with E-state index in [1.54, 1.807) is 7.11 Å². The first-order chi connectivity index (χ1) is 7.13. The van der Waals surface area contributed by atoms with E-state index in [9.17, 15) is 4.79 Å². The van der Waals surface area contributed by atoms with Gasteiger partial charge in [-0.1, -0.05) is 12.1 Å². The van der Waals surface area contributed by atoms with Crippen molar-refractivity contribution in [2.45, 2.75) is 13.0 Å². The Kier molecular flexibility index (Phi) is 4.12. The van der Waals surface area contributed by atoms with Crippen molar-refractivity contribution < 1.29 is 9.53 Å². The molecule has 0 unspecified atom stereocenters. The highest BCUT2D eigenvalue weighted by Gasteiger charge is 2.05. The van der Waals surface area contributed by atoms with E-state index in [4.69, 9.17) is 10.5 Å². The monoisotopic (exact) mass is 208 g/mol. The zero-order valence-electron chi connectivity index (χ0n) is 8.99. The Labute approximate surface area is 89.4 Å². The van der Waals surface area contributed by atoms with E-state index < -0.39 is 0 Å². The van der Waals surface area contributed by atoms with Gasteiger partial charge < -0.3 is 15.8 Å². The normalized spacial score (nSPS) is 12.1. The molecule has 1 amide bonds. The maximum absolute atomic E-state index is 10.6. The first-order valence-electron chi connectivity index (χ1n) is 4.79. The summed E-state index contributed by atoms with van der Waals surface area (Å²) in [4.78, 5) is 10.6. The van der Waals surface area contributed by atoms with E-state index in [1.807, 2.05) is 31.2 Å². The number of hydrogen-bond acceptors (Lipinski definition) is 3. The number of hydrogen-bond donors (Lipinski definition) is 2. The van der Waals surface area contributed by atoms with Crippen LogP contribution in [-0.2, 0) is 4.79 Å². The van der Waals surface area contributed by atoms with Crippen LogP contribution < -0.4 is 15.8 Å². The molecule has 0 radical (unpaired) electrons. The Hall–Kier alpha value is -1.55. The van der Waals surface area contributed by atoms with Crippen LogP contribution in [0.1, 0.15) is 18.5 Å². The fraction of sp³-hybridized carbons (Fsp3) is 0.364. The van der Waals surface area contributed by atoms with Crippen molar-refractivity contribution in [3.63, 3.8) is 0 Å². The molecule has 0 aliphatic heterocycles. The predicted molar refractivity (Wildman–Crippen MR) is 58.6 cm³/mol. The molecule has 3 N–H and O–H groups in total. The smallest absolute Gasteiger partial charge is 0.231 e. The third-order valence-corrected chi connectivity index (χ3v) is 2.20. The minimum atomic E-state index is -0.352. The molecule has 0 saturated carbocycles. The van der Waals surface area contributed by atoms with E-state index in [1.165, 1.54) is 0 Å². The van der Waals surface area contributed by atoms with Crippen LogP contribution >= 0.6 is 0 Å². The number of carbonyl (C=O) groups excluding carboxylic acids is 1. The van der Waals surface area contributed by atoms with Gasteiger partial charge in [-0.3, -0.25) is 4.79 Å². The Bertz CT molecular complexity index is 322. The highest BCUT2D eigenvalue weighted by atomic mass is 16.5. The zero-order chi connectivity index (χ0) is 11.3. The lowest BCUT2D eigenvalue weighted by molar-refractivity contribution is -0.117. The van der Waals surface area contributed by atoms with E-state index in [0.29, 0.717) is 0 Å². The second-order valence-electron chi connectivity index (χ2n) is 3.34. The Morgan fingerprint density at radius 2 is 2.07 bits per heavy atom. The van der Waals surface area contributed by atoms with Crippen molar-refractivity contribution >= 4 is 5.91 Å². The molecular weight excluding hydrogens is 192 g/mol. The maximum Gasteiger partial charge on any atom is 0.231 e. The van der Waals surface area contributed by atoms with Gasteiger partial charge in [-0.25, -0.2) is 0 Å². The lowest BCUT2D eigenvalue weighted by Crippen LogP contribution is -2.30. The highest BCUT2D eigenvalue weighted by molar-refractivity contribution is 5.75. The zero-order valence-corrected chi connectivity index (χ0v) is 8.99. The number of rotatable bonds is 5. The number of nitrogens with one attached hydrogen (secondary N) is 1. The van der Waals surface area contributed by atoms with Crippen LogP contribution in [0.25, 0.3) is 0 Å². The predicted octanol–water partition coefficient (Wildman–Crippen LogP) is 0.831. The summed E-state index contributed by atoms with van der Waals surface area (Å²) in [5, 5.41) is 3.02. The largest absolute Gasteiger partial charge is 0.497 e. The van der Waals surface area contributed by atoms with Gasteiger partial charge in [0, 0.05) is 6.04 Å². The molecular formula is C11H16N2O2. The molecule has 0 aromatic heterocycles. The van der Waals surface area contributed by atoms with Crippen molar-refractivity contribution in [2.24, 2.45) is 5.73 Å². The summed E-state index contributed by atoms with van der Waals surface area (Å²) >= 11 is 0. The quantitative estimate of drug-likeness (QED) is 0.753. The van der Waals surface area contributed by atoms with Crippen molar-refractivity contribution in [3.05, 3.63) is 29.8 Å². The molecule has 0 saturated heterocycles. The molecule has 0 heterocycles. The molecule has 4 nitrogen and oxygen atoms in total. The van der Waals surface area contributed by atoms with Crippen molar-refractivity contribution in [1.29, 1.82) is 0 Å². The number of primary amides is 1. The fourth-order valence-electron chi connectivity index (χ4n) is 1.26. The molecule has 0 spiro atoms. The summed E-state index contributed by atoms with van der Waals surface area (Å²) in [6, 6.07) is 7.79. The summed E-state index contributed by atoms with van der Waals surface area (Å²) in [7, 11) is 1.63. The SMILES string of the molecule is COc1ccc([C@H](C)NCC(N)=O)cc1. The van der Waals surface area contributed by atoms with Gasteiger partial charge in [0.15, 0.2) is 0 Å². The van der Waals surface area contributed by atoms with Crippen LogP contribution in [0.4, 0.5) is 0 Å². The lowest BCUT2D eigenvalue weighted by Gasteiger charge is -2.13. The van der Waals surface area contributed by atoms with Gasteiger partial charge in [0.1, 0.15) is 5.75 Å². The van der Waals surface area contributed by atoms with Gasteiger partial charge in [-0.15, -0.1) is 0 Å². The van der Waals surface area contributed by atoms with Crippen LogP contribution in [0.2, 0.25) is 0 Å². The minimum absolute atomic E-state index is 0.100. The molecule has 1 aromatic rings. The van der Waals surface area contributed by atoms with Gasteiger partial charge >= 0.3 is 0 Å². The third-order valence-electron chi connectivity index (χ3n) is 2.20. The van der Waals surface area contributed by atoms with Crippen LogP contribution in [0.3, 0.4) is 0 Å². The third kappa shape index (κ3) is 3.59. The van der Waals surface area contributed by atoms with Crippen LogP contribution in [0, 0.1) is 0 Å². The highest BCUT2D eigenvalue weighted by Crippen LogP contribution is 2.16. The van der Waals surface area contributed by atoms with Crippen LogP contribution in [0.5, 0.6) is 5.75 Å². The molecule has 1 rings (SSSR count). The standard InChI is InChI=1S/C11H16N2O2/c1-8(13-7-11(12)14)9-3-5-10(15-2)6-4-9/h3-6,8,13H,7H2,1-2H3,(H2,12,14)/t8-/m0/s1. The summed E-state index contributed by atoms with van der Waals surface area (Å²) < 4.78 is 5.05. The van der Waals surface area contributed by atoms with Gasteiger partial charge in [-0.05, 0) is 24.6 Å². The van der Waals surface area contributed by atoms with Gasteiger partial charge in [0.25, 0.3) is 0 Å². The Morgan fingerprint density at radius 3 is 2.53 bits per heavy atom. The van der Waals surface area contributed by atoms with Crippen LogP contribution in [-0.4, -0.2) is 19.6 Å². The van der Waals surface area contributed by atoms with Gasteiger partial charge in [0.2, 0.25) is 5.91 Å². The van der Waals surface area contributed by atoms with E-state index in [2.05, 4.69) is 5.32 Å². The Morgan fingerprint density at radius 1 is 1.47 bits per heavy atom. The van der Waals surface area contributed by atoms with Gasteiger partial charge in [0.05, 0.1) is 13.7 Å². The minimum Gasteiger partial charge on any atom is -0.497 e. The van der Waals surface area contributed by atoms with E-state index in [-0.39, 0.29) is 18.5 Å².